The average molecular weight is 295 g/mol. The minimum Gasteiger partial charge on any atom is -0.382 e. The van der Waals surface area contributed by atoms with Gasteiger partial charge in [0.1, 0.15) is 17.2 Å². The van der Waals surface area contributed by atoms with Crippen LogP contribution in [0.15, 0.2) is 42.6 Å². The lowest BCUT2D eigenvalue weighted by atomic mass is 10.0. The molecule has 0 fully saturated rings. The van der Waals surface area contributed by atoms with E-state index in [-0.39, 0.29) is 17.4 Å². The highest BCUT2D eigenvalue weighted by molar-refractivity contribution is 6.09. The smallest absolute Gasteiger partial charge is 0.164 e. The third-order valence-electron chi connectivity index (χ3n) is 3.52. The average Bonchev–Trinajstić information content (AvgIpc) is 2.55. The molecule has 3 aromatic rings. The van der Waals surface area contributed by atoms with E-state index in [1.165, 1.54) is 18.3 Å². The molecule has 0 unspecified atom stereocenters. The number of hydrogen-bond donors (Lipinski definition) is 1. The van der Waals surface area contributed by atoms with Gasteiger partial charge in [-0.2, -0.15) is 0 Å². The quantitative estimate of drug-likeness (QED) is 0.749. The second kappa shape index (κ2) is 5.52. The summed E-state index contributed by atoms with van der Waals surface area (Å²) in [6.07, 6.45) is 1.88. The van der Waals surface area contributed by atoms with E-state index in [1.807, 2.05) is 6.07 Å². The standard InChI is InChI=1S/C17H14FN3O/c1-2-15(22)13-9-20-17(19)16-12(13)7-8-14(21-16)10-3-5-11(18)6-4-10/h3-9H,2H2,1H3,(H2,19,20). The number of nitrogens with two attached hydrogens (primary N) is 1. The topological polar surface area (TPSA) is 68.9 Å². The van der Waals surface area contributed by atoms with Crippen LogP contribution in [0, 0.1) is 5.82 Å². The number of carbonyl (C=O) groups is 1. The molecule has 2 N–H and O–H groups in total. The summed E-state index contributed by atoms with van der Waals surface area (Å²) in [7, 11) is 0. The van der Waals surface area contributed by atoms with Crippen LogP contribution in [0.2, 0.25) is 0 Å². The fourth-order valence-electron chi connectivity index (χ4n) is 2.33. The van der Waals surface area contributed by atoms with Crippen molar-refractivity contribution in [3.8, 4) is 11.3 Å². The maximum absolute atomic E-state index is 13.0. The van der Waals surface area contributed by atoms with Gasteiger partial charge in [-0.1, -0.05) is 6.92 Å². The van der Waals surface area contributed by atoms with Gasteiger partial charge in [0, 0.05) is 29.1 Å². The zero-order valence-corrected chi connectivity index (χ0v) is 12.0. The van der Waals surface area contributed by atoms with Crippen molar-refractivity contribution in [2.24, 2.45) is 0 Å². The molecular weight excluding hydrogens is 281 g/mol. The van der Waals surface area contributed by atoms with Crippen LogP contribution in [0.25, 0.3) is 22.2 Å². The zero-order valence-electron chi connectivity index (χ0n) is 12.0. The lowest BCUT2D eigenvalue weighted by Crippen LogP contribution is -2.03. The van der Waals surface area contributed by atoms with Crippen molar-refractivity contribution >= 4 is 22.5 Å². The van der Waals surface area contributed by atoms with Crippen LogP contribution >= 0.6 is 0 Å². The van der Waals surface area contributed by atoms with Crippen LogP contribution in [-0.2, 0) is 0 Å². The van der Waals surface area contributed by atoms with Gasteiger partial charge in [-0.15, -0.1) is 0 Å². The van der Waals surface area contributed by atoms with Gasteiger partial charge in [0.15, 0.2) is 5.78 Å². The fourth-order valence-corrected chi connectivity index (χ4v) is 2.33. The Morgan fingerprint density at radius 1 is 1.18 bits per heavy atom. The molecule has 0 aliphatic carbocycles. The highest BCUT2D eigenvalue weighted by Gasteiger charge is 2.13. The van der Waals surface area contributed by atoms with Gasteiger partial charge in [-0.05, 0) is 36.4 Å². The molecule has 3 rings (SSSR count). The van der Waals surface area contributed by atoms with Crippen molar-refractivity contribution in [2.75, 3.05) is 5.73 Å². The SMILES string of the molecule is CCC(=O)c1cnc(N)c2nc(-c3ccc(F)cc3)ccc12. The Kier molecular flexibility index (Phi) is 3.55. The van der Waals surface area contributed by atoms with Gasteiger partial charge in [-0.3, -0.25) is 4.79 Å². The molecule has 1 aromatic carbocycles. The summed E-state index contributed by atoms with van der Waals surface area (Å²) in [5.41, 5.74) is 8.33. The summed E-state index contributed by atoms with van der Waals surface area (Å²) in [6.45, 7) is 1.80. The molecule has 0 saturated heterocycles. The molecule has 0 aliphatic rings. The number of aromatic nitrogens is 2. The van der Waals surface area contributed by atoms with E-state index in [0.29, 0.717) is 28.6 Å². The molecule has 0 saturated carbocycles. The molecule has 0 atom stereocenters. The van der Waals surface area contributed by atoms with Crippen molar-refractivity contribution < 1.29 is 9.18 Å². The molecule has 0 spiro atoms. The summed E-state index contributed by atoms with van der Waals surface area (Å²) in [5.74, 6) is -0.0398. The third-order valence-corrected chi connectivity index (χ3v) is 3.52. The summed E-state index contributed by atoms with van der Waals surface area (Å²) in [4.78, 5) is 20.5. The van der Waals surface area contributed by atoms with Crippen LogP contribution < -0.4 is 5.73 Å². The van der Waals surface area contributed by atoms with Crippen LogP contribution in [-0.4, -0.2) is 15.8 Å². The predicted molar refractivity (Wildman–Crippen MR) is 84.0 cm³/mol. The molecule has 5 heteroatoms. The largest absolute Gasteiger partial charge is 0.382 e. The van der Waals surface area contributed by atoms with Crippen LogP contribution in [0.1, 0.15) is 23.7 Å². The van der Waals surface area contributed by atoms with Crippen LogP contribution in [0.5, 0.6) is 0 Å². The monoisotopic (exact) mass is 295 g/mol. The van der Waals surface area contributed by atoms with Crippen molar-refractivity contribution in [3.05, 3.63) is 54.0 Å². The Morgan fingerprint density at radius 3 is 2.59 bits per heavy atom. The van der Waals surface area contributed by atoms with E-state index < -0.39 is 0 Å². The lowest BCUT2D eigenvalue weighted by Gasteiger charge is -2.08. The van der Waals surface area contributed by atoms with Gasteiger partial charge in [0.25, 0.3) is 0 Å². The number of hydrogen-bond acceptors (Lipinski definition) is 4. The van der Waals surface area contributed by atoms with Gasteiger partial charge >= 0.3 is 0 Å². The first-order valence-corrected chi connectivity index (χ1v) is 6.94. The van der Waals surface area contributed by atoms with E-state index in [4.69, 9.17) is 5.73 Å². The molecule has 2 aromatic heterocycles. The number of pyridine rings is 2. The Balaban J connectivity index is 2.19. The van der Waals surface area contributed by atoms with Gasteiger partial charge in [0.05, 0.1) is 5.69 Å². The summed E-state index contributed by atoms with van der Waals surface area (Å²) in [6, 6.07) is 9.64. The molecule has 22 heavy (non-hydrogen) atoms. The molecule has 0 radical (unpaired) electrons. The number of benzene rings is 1. The van der Waals surface area contributed by atoms with E-state index in [2.05, 4.69) is 9.97 Å². The molecule has 0 bridgehead atoms. The number of nitrogen functional groups attached to an aromatic ring is 1. The number of fused-ring (bicyclic) bond motifs is 1. The fraction of sp³-hybridized carbons (Fsp3) is 0.118. The number of ketones is 1. The number of rotatable bonds is 3. The Hall–Kier alpha value is -2.82. The normalized spacial score (nSPS) is 10.8. The maximum atomic E-state index is 13.0. The first-order chi connectivity index (χ1) is 10.6. The van der Waals surface area contributed by atoms with Crippen molar-refractivity contribution in [3.63, 3.8) is 0 Å². The lowest BCUT2D eigenvalue weighted by molar-refractivity contribution is 0.0989. The first kappa shape index (κ1) is 14.1. The Morgan fingerprint density at radius 2 is 1.91 bits per heavy atom. The summed E-state index contributed by atoms with van der Waals surface area (Å²) >= 11 is 0. The highest BCUT2D eigenvalue weighted by Crippen LogP contribution is 2.26. The minimum atomic E-state index is -0.304. The number of Topliss-reactive ketones (excluding diaryl/α,β-unsaturated/α-hetero) is 1. The first-order valence-electron chi connectivity index (χ1n) is 6.94. The van der Waals surface area contributed by atoms with Crippen molar-refractivity contribution in [1.82, 2.24) is 9.97 Å². The molecule has 0 aliphatic heterocycles. The number of nitrogens with zero attached hydrogens (tertiary/aromatic N) is 2. The van der Waals surface area contributed by atoms with Crippen LogP contribution in [0.3, 0.4) is 0 Å². The second-order valence-corrected chi connectivity index (χ2v) is 4.93. The second-order valence-electron chi connectivity index (χ2n) is 4.93. The molecule has 110 valence electrons. The molecule has 2 heterocycles. The Labute approximate surface area is 126 Å². The van der Waals surface area contributed by atoms with Crippen molar-refractivity contribution in [2.45, 2.75) is 13.3 Å². The Bertz CT molecular complexity index is 860. The maximum Gasteiger partial charge on any atom is 0.164 e. The van der Waals surface area contributed by atoms with Gasteiger partial charge in [-0.25, -0.2) is 14.4 Å². The molecular formula is C17H14FN3O. The number of carbonyl (C=O) groups excluding carboxylic acids is 1. The molecule has 0 amide bonds. The van der Waals surface area contributed by atoms with Gasteiger partial charge < -0.3 is 5.73 Å². The predicted octanol–water partition coefficient (Wildman–Crippen LogP) is 3.61. The number of anilines is 1. The van der Waals surface area contributed by atoms with E-state index >= 15 is 0 Å². The van der Waals surface area contributed by atoms with E-state index in [1.54, 1.807) is 25.1 Å². The number of halogens is 1. The van der Waals surface area contributed by atoms with E-state index in [0.717, 1.165) is 5.56 Å². The van der Waals surface area contributed by atoms with Crippen LogP contribution in [0.4, 0.5) is 10.2 Å². The molecule has 4 nitrogen and oxygen atoms in total. The van der Waals surface area contributed by atoms with Gasteiger partial charge in [0.2, 0.25) is 0 Å². The zero-order chi connectivity index (χ0) is 15.7. The summed E-state index contributed by atoms with van der Waals surface area (Å²) in [5, 5.41) is 0.685. The van der Waals surface area contributed by atoms with Crippen molar-refractivity contribution in [1.29, 1.82) is 0 Å². The van der Waals surface area contributed by atoms with E-state index in [9.17, 15) is 9.18 Å². The minimum absolute atomic E-state index is 0.00571. The highest BCUT2D eigenvalue weighted by atomic mass is 19.1. The third kappa shape index (κ3) is 2.41. The summed E-state index contributed by atoms with van der Waals surface area (Å²) < 4.78 is 13.0.